The second kappa shape index (κ2) is 6.00. The summed E-state index contributed by atoms with van der Waals surface area (Å²) in [5.74, 6) is -1.05. The van der Waals surface area contributed by atoms with E-state index < -0.39 is 5.97 Å². The van der Waals surface area contributed by atoms with Crippen LogP contribution >= 0.6 is 0 Å². The summed E-state index contributed by atoms with van der Waals surface area (Å²) in [5, 5.41) is 9.36. The Labute approximate surface area is 120 Å². The average molecular weight is 282 g/mol. The van der Waals surface area contributed by atoms with E-state index in [9.17, 15) is 9.90 Å². The van der Waals surface area contributed by atoms with Crippen LogP contribution in [0.2, 0.25) is 0 Å². The molecule has 114 valence electrons. The molecule has 1 N–H and O–H groups in total. The molecule has 3 saturated heterocycles. The summed E-state index contributed by atoms with van der Waals surface area (Å²) in [4.78, 5) is 16.4. The standard InChI is InChI=1S/C15H26N2O3/c1-2-17(14-10-20-9-13(14)15(18)19)12-5-7-16-6-3-4-11(16)8-12/h11-14H,2-10H2,1H3,(H,18,19). The number of fused-ring (bicyclic) bond motifs is 1. The second-order valence-corrected chi connectivity index (χ2v) is 6.39. The maximum Gasteiger partial charge on any atom is 0.310 e. The van der Waals surface area contributed by atoms with Crippen molar-refractivity contribution < 1.29 is 14.6 Å². The van der Waals surface area contributed by atoms with Crippen LogP contribution in [0.5, 0.6) is 0 Å². The monoisotopic (exact) mass is 282 g/mol. The van der Waals surface area contributed by atoms with Crippen molar-refractivity contribution in [3.05, 3.63) is 0 Å². The highest BCUT2D eigenvalue weighted by atomic mass is 16.5. The van der Waals surface area contributed by atoms with E-state index in [0.29, 0.717) is 19.3 Å². The highest BCUT2D eigenvalue weighted by Crippen LogP contribution is 2.32. The van der Waals surface area contributed by atoms with E-state index in [1.165, 1.54) is 38.8 Å². The molecule has 3 aliphatic heterocycles. The van der Waals surface area contributed by atoms with Crippen molar-refractivity contribution in [1.82, 2.24) is 9.80 Å². The molecule has 3 fully saturated rings. The number of carboxylic acid groups (broad SMARTS) is 1. The summed E-state index contributed by atoms with van der Waals surface area (Å²) in [5.41, 5.74) is 0. The van der Waals surface area contributed by atoms with Gasteiger partial charge in [-0.2, -0.15) is 0 Å². The molecule has 0 amide bonds. The van der Waals surface area contributed by atoms with Gasteiger partial charge in [-0.3, -0.25) is 9.69 Å². The maximum absolute atomic E-state index is 11.4. The third kappa shape index (κ3) is 2.59. The fourth-order valence-corrected chi connectivity index (χ4v) is 4.37. The maximum atomic E-state index is 11.4. The SMILES string of the molecule is CCN(C1CCN2CCCC2C1)C1COCC1C(=O)O. The van der Waals surface area contributed by atoms with Crippen molar-refractivity contribution in [2.45, 2.75) is 50.7 Å². The first-order valence-electron chi connectivity index (χ1n) is 8.01. The number of nitrogens with zero attached hydrogens (tertiary/aromatic N) is 2. The van der Waals surface area contributed by atoms with Crippen molar-refractivity contribution in [1.29, 1.82) is 0 Å². The molecule has 3 aliphatic rings. The zero-order valence-corrected chi connectivity index (χ0v) is 12.3. The topological polar surface area (TPSA) is 53.0 Å². The van der Waals surface area contributed by atoms with Gasteiger partial charge in [0.2, 0.25) is 0 Å². The van der Waals surface area contributed by atoms with Gasteiger partial charge in [-0.15, -0.1) is 0 Å². The van der Waals surface area contributed by atoms with Crippen LogP contribution in [0.25, 0.3) is 0 Å². The summed E-state index contributed by atoms with van der Waals surface area (Å²) in [6, 6.07) is 1.33. The summed E-state index contributed by atoms with van der Waals surface area (Å²) in [7, 11) is 0. The highest BCUT2D eigenvalue weighted by molar-refractivity contribution is 5.71. The van der Waals surface area contributed by atoms with E-state index >= 15 is 0 Å². The van der Waals surface area contributed by atoms with Gasteiger partial charge in [0.1, 0.15) is 0 Å². The Morgan fingerprint density at radius 1 is 1.35 bits per heavy atom. The van der Waals surface area contributed by atoms with Gasteiger partial charge in [0, 0.05) is 18.1 Å². The molecule has 3 heterocycles. The number of carbonyl (C=O) groups is 1. The summed E-state index contributed by atoms with van der Waals surface area (Å²) in [6.07, 6.45) is 5.02. The molecule has 5 heteroatoms. The van der Waals surface area contributed by atoms with Gasteiger partial charge in [0.15, 0.2) is 0 Å². The number of likely N-dealkylation sites (N-methyl/N-ethyl adjacent to an activating group) is 1. The van der Waals surface area contributed by atoms with E-state index in [0.717, 1.165) is 12.6 Å². The van der Waals surface area contributed by atoms with E-state index in [1.807, 2.05) is 0 Å². The van der Waals surface area contributed by atoms with Gasteiger partial charge in [-0.05, 0) is 45.3 Å². The molecule has 0 spiro atoms. The Morgan fingerprint density at radius 2 is 2.20 bits per heavy atom. The molecule has 0 radical (unpaired) electrons. The van der Waals surface area contributed by atoms with Crippen molar-refractivity contribution in [2.75, 3.05) is 32.8 Å². The van der Waals surface area contributed by atoms with Gasteiger partial charge in [0.05, 0.1) is 19.1 Å². The van der Waals surface area contributed by atoms with Crippen molar-refractivity contribution >= 4 is 5.97 Å². The lowest BCUT2D eigenvalue weighted by Gasteiger charge is -2.43. The Kier molecular flexibility index (Phi) is 4.29. The number of ether oxygens (including phenoxy) is 1. The molecular formula is C15H26N2O3. The third-order valence-corrected chi connectivity index (χ3v) is 5.42. The molecule has 0 aromatic rings. The largest absolute Gasteiger partial charge is 0.481 e. The van der Waals surface area contributed by atoms with E-state index in [2.05, 4.69) is 16.7 Å². The predicted octanol–water partition coefficient (Wildman–Crippen LogP) is 1.03. The number of hydrogen-bond acceptors (Lipinski definition) is 4. The fraction of sp³-hybridized carbons (Fsp3) is 0.933. The summed E-state index contributed by atoms with van der Waals surface area (Å²) in [6.45, 7) is 6.47. The van der Waals surface area contributed by atoms with Crippen LogP contribution in [-0.4, -0.2) is 71.8 Å². The molecule has 0 aliphatic carbocycles. The van der Waals surface area contributed by atoms with Crippen LogP contribution in [0.3, 0.4) is 0 Å². The molecule has 0 saturated carbocycles. The molecule has 5 nitrogen and oxygen atoms in total. The van der Waals surface area contributed by atoms with Gasteiger partial charge < -0.3 is 14.7 Å². The number of carboxylic acids is 1. The first-order chi connectivity index (χ1) is 9.70. The van der Waals surface area contributed by atoms with E-state index in [1.54, 1.807) is 0 Å². The molecule has 0 aromatic heterocycles. The number of piperidine rings is 1. The molecule has 20 heavy (non-hydrogen) atoms. The quantitative estimate of drug-likeness (QED) is 0.835. The molecule has 0 aromatic carbocycles. The Bertz CT molecular complexity index is 363. The lowest BCUT2D eigenvalue weighted by Crippen LogP contribution is -2.53. The molecule has 0 bridgehead atoms. The first-order valence-corrected chi connectivity index (χ1v) is 8.01. The zero-order valence-electron chi connectivity index (χ0n) is 12.3. The number of aliphatic carboxylic acids is 1. The molecule has 4 unspecified atom stereocenters. The summed E-state index contributed by atoms with van der Waals surface area (Å²) >= 11 is 0. The Balaban J connectivity index is 1.68. The highest BCUT2D eigenvalue weighted by Gasteiger charge is 2.42. The lowest BCUT2D eigenvalue weighted by atomic mass is 9.92. The number of rotatable bonds is 4. The minimum atomic E-state index is -0.704. The minimum absolute atomic E-state index is 0.0652. The van der Waals surface area contributed by atoms with Gasteiger partial charge >= 0.3 is 5.97 Å². The second-order valence-electron chi connectivity index (χ2n) is 6.39. The van der Waals surface area contributed by atoms with Crippen LogP contribution in [0.1, 0.15) is 32.6 Å². The average Bonchev–Trinajstić information content (AvgIpc) is 3.07. The number of hydrogen-bond donors (Lipinski definition) is 1. The van der Waals surface area contributed by atoms with Crippen molar-refractivity contribution in [3.8, 4) is 0 Å². The molecule has 4 atom stereocenters. The molecular weight excluding hydrogens is 256 g/mol. The van der Waals surface area contributed by atoms with Crippen LogP contribution in [0.15, 0.2) is 0 Å². The van der Waals surface area contributed by atoms with Crippen LogP contribution in [0.4, 0.5) is 0 Å². The summed E-state index contributed by atoms with van der Waals surface area (Å²) < 4.78 is 5.46. The lowest BCUT2D eigenvalue weighted by molar-refractivity contribution is -0.143. The normalized spacial score (nSPS) is 38.3. The minimum Gasteiger partial charge on any atom is -0.481 e. The van der Waals surface area contributed by atoms with Gasteiger partial charge in [-0.25, -0.2) is 0 Å². The van der Waals surface area contributed by atoms with Crippen LogP contribution < -0.4 is 0 Å². The fourth-order valence-electron chi connectivity index (χ4n) is 4.37. The van der Waals surface area contributed by atoms with Crippen LogP contribution in [0, 0.1) is 5.92 Å². The Morgan fingerprint density at radius 3 is 2.95 bits per heavy atom. The van der Waals surface area contributed by atoms with Gasteiger partial charge in [0.25, 0.3) is 0 Å². The van der Waals surface area contributed by atoms with Gasteiger partial charge in [-0.1, -0.05) is 6.92 Å². The predicted molar refractivity (Wildman–Crippen MR) is 75.7 cm³/mol. The Hall–Kier alpha value is -0.650. The van der Waals surface area contributed by atoms with Crippen molar-refractivity contribution in [3.63, 3.8) is 0 Å². The van der Waals surface area contributed by atoms with E-state index in [4.69, 9.17) is 4.74 Å². The molecule has 3 rings (SSSR count). The van der Waals surface area contributed by atoms with Crippen LogP contribution in [-0.2, 0) is 9.53 Å². The third-order valence-electron chi connectivity index (χ3n) is 5.42. The first kappa shape index (κ1) is 14.3. The van der Waals surface area contributed by atoms with Crippen molar-refractivity contribution in [2.24, 2.45) is 5.92 Å². The zero-order chi connectivity index (χ0) is 14.1. The van der Waals surface area contributed by atoms with E-state index in [-0.39, 0.29) is 12.0 Å². The smallest absolute Gasteiger partial charge is 0.310 e.